The quantitative estimate of drug-likeness (QED) is 0.514. The lowest BCUT2D eigenvalue weighted by Gasteiger charge is -2.41. The Morgan fingerprint density at radius 3 is 2.63 bits per heavy atom. The monoisotopic (exact) mass is 411 g/mol. The summed E-state index contributed by atoms with van der Waals surface area (Å²) in [4.78, 5) is 11.1. The van der Waals surface area contributed by atoms with Gasteiger partial charge in [-0.05, 0) is 31.0 Å². The molecule has 1 aromatic heterocycles. The van der Waals surface area contributed by atoms with Crippen LogP contribution in [0, 0.1) is 0 Å². The summed E-state index contributed by atoms with van der Waals surface area (Å²) in [6, 6.07) is 14.0. The molecular weight excluding hydrogens is 378 g/mol. The van der Waals surface area contributed by atoms with E-state index in [0.717, 1.165) is 49.9 Å². The number of nitrogens with one attached hydrogen (secondary N) is 2. The van der Waals surface area contributed by atoms with Gasteiger partial charge in [0.15, 0.2) is 5.96 Å². The highest BCUT2D eigenvalue weighted by atomic mass is 16.5. The van der Waals surface area contributed by atoms with E-state index in [-0.39, 0.29) is 5.54 Å². The third-order valence-corrected chi connectivity index (χ3v) is 5.27. The molecule has 1 fully saturated rings. The molecule has 162 valence electrons. The Morgan fingerprint density at radius 2 is 1.90 bits per heavy atom. The van der Waals surface area contributed by atoms with E-state index >= 15 is 0 Å². The van der Waals surface area contributed by atoms with Crippen LogP contribution in [0.5, 0.6) is 5.88 Å². The summed E-state index contributed by atoms with van der Waals surface area (Å²) >= 11 is 0. The fourth-order valence-electron chi connectivity index (χ4n) is 3.36. The van der Waals surface area contributed by atoms with Gasteiger partial charge in [0.1, 0.15) is 6.61 Å². The first-order valence-corrected chi connectivity index (χ1v) is 10.5. The molecule has 2 aromatic rings. The lowest BCUT2D eigenvalue weighted by Crippen LogP contribution is -2.56. The van der Waals surface area contributed by atoms with Gasteiger partial charge < -0.3 is 20.1 Å². The van der Waals surface area contributed by atoms with Crippen molar-refractivity contribution in [2.45, 2.75) is 32.5 Å². The fraction of sp³-hybridized carbons (Fsp3) is 0.478. The first-order chi connectivity index (χ1) is 14.6. The SMILES string of the molecule is CN=C(NCc1ccnc(OCc2ccccc2)c1)NCC(C)(C)N1CCOCC1. The first-order valence-electron chi connectivity index (χ1n) is 10.5. The van der Waals surface area contributed by atoms with E-state index in [1.807, 2.05) is 42.5 Å². The van der Waals surface area contributed by atoms with Crippen molar-refractivity contribution >= 4 is 5.96 Å². The first kappa shape index (κ1) is 22.1. The normalized spacial score (nSPS) is 15.6. The van der Waals surface area contributed by atoms with Gasteiger partial charge in [-0.25, -0.2) is 4.98 Å². The highest BCUT2D eigenvalue weighted by Crippen LogP contribution is 2.15. The predicted molar refractivity (Wildman–Crippen MR) is 120 cm³/mol. The van der Waals surface area contributed by atoms with Gasteiger partial charge in [0.05, 0.1) is 13.2 Å². The van der Waals surface area contributed by atoms with Crippen LogP contribution >= 0.6 is 0 Å². The Kier molecular flexibility index (Phi) is 8.04. The second kappa shape index (κ2) is 10.9. The Morgan fingerprint density at radius 1 is 1.13 bits per heavy atom. The van der Waals surface area contributed by atoms with Crippen molar-refractivity contribution in [1.82, 2.24) is 20.5 Å². The van der Waals surface area contributed by atoms with Crippen molar-refractivity contribution in [3.05, 3.63) is 59.8 Å². The molecule has 2 heterocycles. The summed E-state index contributed by atoms with van der Waals surface area (Å²) in [7, 11) is 1.79. The van der Waals surface area contributed by atoms with E-state index in [4.69, 9.17) is 9.47 Å². The summed E-state index contributed by atoms with van der Waals surface area (Å²) in [6.07, 6.45) is 1.77. The summed E-state index contributed by atoms with van der Waals surface area (Å²) in [5.74, 6) is 1.40. The van der Waals surface area contributed by atoms with E-state index < -0.39 is 0 Å². The maximum Gasteiger partial charge on any atom is 0.213 e. The highest BCUT2D eigenvalue weighted by molar-refractivity contribution is 5.79. The Bertz CT molecular complexity index is 804. The molecule has 1 aliphatic heterocycles. The molecule has 0 radical (unpaired) electrons. The minimum Gasteiger partial charge on any atom is -0.473 e. The Balaban J connectivity index is 1.47. The minimum atomic E-state index is 0.0243. The number of morpholine rings is 1. The smallest absolute Gasteiger partial charge is 0.213 e. The van der Waals surface area contributed by atoms with Crippen LogP contribution in [-0.4, -0.2) is 61.3 Å². The van der Waals surface area contributed by atoms with Crippen molar-refractivity contribution in [3.8, 4) is 5.88 Å². The molecule has 0 atom stereocenters. The second-order valence-electron chi connectivity index (χ2n) is 7.97. The van der Waals surface area contributed by atoms with Gasteiger partial charge in [-0.15, -0.1) is 0 Å². The molecule has 0 spiro atoms. The number of guanidine groups is 1. The fourth-order valence-corrected chi connectivity index (χ4v) is 3.36. The van der Waals surface area contributed by atoms with Crippen LogP contribution in [0.3, 0.4) is 0 Å². The Hall–Kier alpha value is -2.64. The van der Waals surface area contributed by atoms with Gasteiger partial charge in [0, 0.05) is 51.0 Å². The van der Waals surface area contributed by atoms with Crippen molar-refractivity contribution in [3.63, 3.8) is 0 Å². The molecule has 0 amide bonds. The van der Waals surface area contributed by atoms with Crippen molar-refractivity contribution in [2.75, 3.05) is 39.9 Å². The molecule has 7 heteroatoms. The maximum atomic E-state index is 5.82. The standard InChI is InChI=1S/C23H33N5O2/c1-23(2,28-11-13-29-14-12-28)18-27-22(24-3)26-16-20-9-10-25-21(15-20)30-17-19-7-5-4-6-8-19/h4-10,15H,11-14,16-18H2,1-3H3,(H2,24,26,27). The molecule has 1 saturated heterocycles. The van der Waals surface area contributed by atoms with Gasteiger partial charge in [0.25, 0.3) is 0 Å². The van der Waals surface area contributed by atoms with Crippen LogP contribution in [-0.2, 0) is 17.9 Å². The number of benzene rings is 1. The van der Waals surface area contributed by atoms with Crippen LogP contribution < -0.4 is 15.4 Å². The van der Waals surface area contributed by atoms with Crippen LogP contribution in [0.4, 0.5) is 0 Å². The molecule has 0 unspecified atom stereocenters. The molecule has 0 bridgehead atoms. The average Bonchev–Trinajstić information content (AvgIpc) is 2.79. The zero-order valence-corrected chi connectivity index (χ0v) is 18.2. The van der Waals surface area contributed by atoms with Gasteiger partial charge in [-0.2, -0.15) is 0 Å². The number of aliphatic imine (C=N–C) groups is 1. The Labute approximate surface area is 179 Å². The van der Waals surface area contributed by atoms with Crippen LogP contribution in [0.25, 0.3) is 0 Å². The number of pyridine rings is 1. The number of hydrogen-bond acceptors (Lipinski definition) is 5. The van der Waals surface area contributed by atoms with Crippen LogP contribution in [0.1, 0.15) is 25.0 Å². The van der Waals surface area contributed by atoms with Crippen molar-refractivity contribution in [1.29, 1.82) is 0 Å². The van der Waals surface area contributed by atoms with Gasteiger partial charge >= 0.3 is 0 Å². The van der Waals surface area contributed by atoms with Gasteiger partial charge in [0.2, 0.25) is 5.88 Å². The van der Waals surface area contributed by atoms with Crippen molar-refractivity contribution in [2.24, 2.45) is 4.99 Å². The van der Waals surface area contributed by atoms with E-state index in [2.05, 4.69) is 39.4 Å². The molecule has 30 heavy (non-hydrogen) atoms. The van der Waals surface area contributed by atoms with E-state index in [0.29, 0.717) is 19.0 Å². The summed E-state index contributed by atoms with van der Waals surface area (Å²) in [5, 5.41) is 6.82. The lowest BCUT2D eigenvalue weighted by molar-refractivity contribution is -0.00834. The molecule has 0 saturated carbocycles. The summed E-state index contributed by atoms with van der Waals surface area (Å²) in [5.41, 5.74) is 2.23. The zero-order chi connectivity index (χ0) is 21.2. The van der Waals surface area contributed by atoms with E-state index in [1.165, 1.54) is 0 Å². The predicted octanol–water partition coefficient (Wildman–Crippen LogP) is 2.44. The second-order valence-corrected chi connectivity index (χ2v) is 7.97. The summed E-state index contributed by atoms with van der Waals surface area (Å²) in [6.45, 7) is 9.96. The minimum absolute atomic E-state index is 0.0243. The average molecular weight is 412 g/mol. The molecule has 3 rings (SSSR count). The molecule has 1 aliphatic rings. The molecular formula is C23H33N5O2. The topological polar surface area (TPSA) is 71.0 Å². The zero-order valence-electron chi connectivity index (χ0n) is 18.2. The summed E-state index contributed by atoms with van der Waals surface area (Å²) < 4.78 is 11.3. The van der Waals surface area contributed by atoms with Crippen LogP contribution in [0.15, 0.2) is 53.7 Å². The molecule has 2 N–H and O–H groups in total. The number of hydrogen-bond donors (Lipinski definition) is 2. The van der Waals surface area contributed by atoms with E-state index in [9.17, 15) is 0 Å². The number of ether oxygens (including phenoxy) is 2. The molecule has 7 nitrogen and oxygen atoms in total. The van der Waals surface area contributed by atoms with Gasteiger partial charge in [-0.3, -0.25) is 9.89 Å². The van der Waals surface area contributed by atoms with E-state index in [1.54, 1.807) is 13.2 Å². The van der Waals surface area contributed by atoms with Crippen molar-refractivity contribution < 1.29 is 9.47 Å². The van der Waals surface area contributed by atoms with Crippen LogP contribution in [0.2, 0.25) is 0 Å². The molecule has 1 aromatic carbocycles. The van der Waals surface area contributed by atoms with Gasteiger partial charge in [-0.1, -0.05) is 30.3 Å². The highest BCUT2D eigenvalue weighted by Gasteiger charge is 2.28. The lowest BCUT2D eigenvalue weighted by atomic mass is 10.0. The number of nitrogens with zero attached hydrogens (tertiary/aromatic N) is 3. The third-order valence-electron chi connectivity index (χ3n) is 5.27. The number of aromatic nitrogens is 1. The number of rotatable bonds is 8. The maximum absolute atomic E-state index is 5.82. The molecule has 0 aliphatic carbocycles. The largest absolute Gasteiger partial charge is 0.473 e. The third kappa shape index (κ3) is 6.71.